The third-order valence-electron chi connectivity index (χ3n) is 5.28. The van der Waals surface area contributed by atoms with Gasteiger partial charge in [-0.05, 0) is 43.9 Å². The van der Waals surface area contributed by atoms with E-state index in [4.69, 9.17) is 0 Å². The Morgan fingerprint density at radius 3 is 2.70 bits per heavy atom. The Kier molecular flexibility index (Phi) is 3.74. The standard InChI is InChI=1S/C16H26N2O2/c1-2-7-16(8-9-16)12-17-11-6-14(19)18-10-4-3-5-13(18)15(17)20/h13H,2-12H2,1H3. The highest BCUT2D eigenvalue weighted by molar-refractivity contribution is 5.90. The minimum atomic E-state index is -0.156. The van der Waals surface area contributed by atoms with Crippen LogP contribution in [0.15, 0.2) is 0 Å². The van der Waals surface area contributed by atoms with Crippen molar-refractivity contribution in [3.63, 3.8) is 0 Å². The fourth-order valence-corrected chi connectivity index (χ4v) is 3.94. The van der Waals surface area contributed by atoms with Crippen molar-refractivity contribution in [3.05, 3.63) is 0 Å². The second kappa shape index (κ2) is 5.38. The summed E-state index contributed by atoms with van der Waals surface area (Å²) in [6.45, 7) is 4.52. The predicted octanol–water partition coefficient (Wildman–Crippen LogP) is 2.18. The lowest BCUT2D eigenvalue weighted by molar-refractivity contribution is -0.143. The van der Waals surface area contributed by atoms with Crippen LogP contribution in [-0.2, 0) is 9.59 Å². The van der Waals surface area contributed by atoms with Crippen LogP contribution in [0.3, 0.4) is 0 Å². The molecule has 0 aromatic carbocycles. The molecule has 20 heavy (non-hydrogen) atoms. The van der Waals surface area contributed by atoms with E-state index in [0.717, 1.165) is 32.4 Å². The zero-order valence-corrected chi connectivity index (χ0v) is 12.6. The van der Waals surface area contributed by atoms with Crippen LogP contribution in [0.4, 0.5) is 0 Å². The van der Waals surface area contributed by atoms with Gasteiger partial charge in [0.05, 0.1) is 0 Å². The van der Waals surface area contributed by atoms with Gasteiger partial charge in [0.1, 0.15) is 6.04 Å². The smallest absolute Gasteiger partial charge is 0.245 e. The second-order valence-electron chi connectivity index (χ2n) is 6.86. The summed E-state index contributed by atoms with van der Waals surface area (Å²) in [5, 5.41) is 0. The molecule has 1 aliphatic carbocycles. The number of carbonyl (C=O) groups is 2. The van der Waals surface area contributed by atoms with Crippen LogP contribution in [-0.4, -0.2) is 47.3 Å². The van der Waals surface area contributed by atoms with Gasteiger partial charge in [-0.15, -0.1) is 0 Å². The summed E-state index contributed by atoms with van der Waals surface area (Å²) >= 11 is 0. The van der Waals surface area contributed by atoms with Crippen molar-refractivity contribution in [2.45, 2.75) is 64.3 Å². The lowest BCUT2D eigenvalue weighted by Gasteiger charge is -2.35. The molecule has 0 aromatic rings. The minimum Gasteiger partial charge on any atom is -0.340 e. The number of amides is 2. The first-order valence-corrected chi connectivity index (χ1v) is 8.23. The molecule has 2 heterocycles. The van der Waals surface area contributed by atoms with Gasteiger partial charge in [0.15, 0.2) is 0 Å². The summed E-state index contributed by atoms with van der Waals surface area (Å²) in [5.41, 5.74) is 0.386. The molecular formula is C16H26N2O2. The maximum atomic E-state index is 12.8. The Morgan fingerprint density at radius 2 is 2.00 bits per heavy atom. The molecule has 4 heteroatoms. The minimum absolute atomic E-state index is 0.156. The summed E-state index contributed by atoms with van der Waals surface area (Å²) in [5.74, 6) is 0.406. The zero-order chi connectivity index (χ0) is 14.2. The van der Waals surface area contributed by atoms with E-state index in [-0.39, 0.29) is 17.9 Å². The van der Waals surface area contributed by atoms with Gasteiger partial charge in [0.2, 0.25) is 11.8 Å². The number of piperidine rings is 1. The van der Waals surface area contributed by atoms with E-state index in [9.17, 15) is 9.59 Å². The largest absolute Gasteiger partial charge is 0.340 e. The van der Waals surface area contributed by atoms with Gasteiger partial charge in [0, 0.05) is 26.1 Å². The number of nitrogens with zero attached hydrogens (tertiary/aromatic N) is 2. The topological polar surface area (TPSA) is 40.6 Å². The molecule has 3 rings (SSSR count). The molecule has 112 valence electrons. The van der Waals surface area contributed by atoms with Crippen LogP contribution >= 0.6 is 0 Å². The lowest BCUT2D eigenvalue weighted by atomic mass is 9.98. The van der Waals surface area contributed by atoms with Crippen molar-refractivity contribution in [2.24, 2.45) is 5.41 Å². The number of fused-ring (bicyclic) bond motifs is 1. The summed E-state index contributed by atoms with van der Waals surface area (Å²) in [7, 11) is 0. The molecule has 1 atom stereocenters. The van der Waals surface area contributed by atoms with Gasteiger partial charge in [-0.3, -0.25) is 9.59 Å². The first-order valence-electron chi connectivity index (χ1n) is 8.23. The average Bonchev–Trinajstić information content (AvgIpc) is 3.23. The second-order valence-corrected chi connectivity index (χ2v) is 6.86. The van der Waals surface area contributed by atoms with Gasteiger partial charge >= 0.3 is 0 Å². The van der Waals surface area contributed by atoms with Crippen molar-refractivity contribution in [3.8, 4) is 0 Å². The first kappa shape index (κ1) is 13.9. The third kappa shape index (κ3) is 2.57. The van der Waals surface area contributed by atoms with Crippen molar-refractivity contribution >= 4 is 11.8 Å². The van der Waals surface area contributed by atoms with Crippen LogP contribution in [0.5, 0.6) is 0 Å². The quantitative estimate of drug-likeness (QED) is 0.791. The van der Waals surface area contributed by atoms with Gasteiger partial charge in [-0.1, -0.05) is 13.3 Å². The Bertz CT molecular complexity index is 403. The van der Waals surface area contributed by atoms with Gasteiger partial charge < -0.3 is 9.80 Å². The van der Waals surface area contributed by atoms with Crippen LogP contribution < -0.4 is 0 Å². The van der Waals surface area contributed by atoms with Crippen LogP contribution in [0.1, 0.15) is 58.3 Å². The molecule has 0 spiro atoms. The van der Waals surface area contributed by atoms with Crippen LogP contribution in [0.25, 0.3) is 0 Å². The van der Waals surface area contributed by atoms with E-state index in [1.54, 1.807) is 0 Å². The molecule has 4 nitrogen and oxygen atoms in total. The fraction of sp³-hybridized carbons (Fsp3) is 0.875. The Labute approximate surface area is 121 Å². The third-order valence-corrected chi connectivity index (χ3v) is 5.28. The molecule has 1 unspecified atom stereocenters. The first-order chi connectivity index (χ1) is 9.65. The molecule has 3 fully saturated rings. The van der Waals surface area contributed by atoms with Crippen molar-refractivity contribution in [1.82, 2.24) is 9.80 Å². The normalized spacial score (nSPS) is 29.1. The Morgan fingerprint density at radius 1 is 1.20 bits per heavy atom. The molecule has 3 aliphatic rings. The van der Waals surface area contributed by atoms with Gasteiger partial charge in [0.25, 0.3) is 0 Å². The molecule has 0 bridgehead atoms. The molecule has 2 aliphatic heterocycles. The van der Waals surface area contributed by atoms with E-state index in [0.29, 0.717) is 18.4 Å². The predicted molar refractivity (Wildman–Crippen MR) is 77.1 cm³/mol. The maximum Gasteiger partial charge on any atom is 0.245 e. The van der Waals surface area contributed by atoms with Crippen molar-refractivity contribution < 1.29 is 9.59 Å². The maximum absolute atomic E-state index is 12.8. The van der Waals surface area contributed by atoms with E-state index in [2.05, 4.69) is 6.92 Å². The Balaban J connectivity index is 1.72. The number of hydrogen-bond donors (Lipinski definition) is 0. The summed E-state index contributed by atoms with van der Waals surface area (Å²) in [4.78, 5) is 28.8. The summed E-state index contributed by atoms with van der Waals surface area (Å²) < 4.78 is 0. The highest BCUT2D eigenvalue weighted by atomic mass is 16.2. The van der Waals surface area contributed by atoms with Crippen LogP contribution in [0.2, 0.25) is 0 Å². The molecule has 0 N–H and O–H groups in total. The molecule has 0 radical (unpaired) electrons. The van der Waals surface area contributed by atoms with Crippen LogP contribution in [0, 0.1) is 5.41 Å². The average molecular weight is 278 g/mol. The molecule has 2 saturated heterocycles. The SMILES string of the molecule is CCCC1(CN2CCC(=O)N3CCCCC3C2=O)CC1. The summed E-state index contributed by atoms with van der Waals surface area (Å²) in [6.07, 6.45) is 8.44. The van der Waals surface area contributed by atoms with Gasteiger partial charge in [-0.25, -0.2) is 0 Å². The van der Waals surface area contributed by atoms with Gasteiger partial charge in [-0.2, -0.15) is 0 Å². The fourth-order valence-electron chi connectivity index (χ4n) is 3.94. The highest BCUT2D eigenvalue weighted by Gasteiger charge is 2.46. The number of hydrogen-bond acceptors (Lipinski definition) is 2. The van der Waals surface area contributed by atoms with E-state index >= 15 is 0 Å². The molecule has 2 amide bonds. The van der Waals surface area contributed by atoms with E-state index in [1.807, 2.05) is 9.80 Å². The van der Waals surface area contributed by atoms with E-state index in [1.165, 1.54) is 25.7 Å². The Hall–Kier alpha value is -1.06. The monoisotopic (exact) mass is 278 g/mol. The van der Waals surface area contributed by atoms with Crippen molar-refractivity contribution in [2.75, 3.05) is 19.6 Å². The van der Waals surface area contributed by atoms with E-state index < -0.39 is 0 Å². The van der Waals surface area contributed by atoms with Crippen molar-refractivity contribution in [1.29, 1.82) is 0 Å². The molecule has 1 saturated carbocycles. The number of rotatable bonds is 4. The zero-order valence-electron chi connectivity index (χ0n) is 12.6. The molecular weight excluding hydrogens is 252 g/mol. The summed E-state index contributed by atoms with van der Waals surface area (Å²) in [6, 6.07) is -0.156. The number of carbonyl (C=O) groups excluding carboxylic acids is 2. The highest BCUT2D eigenvalue weighted by Crippen LogP contribution is 2.50. The molecule has 0 aromatic heterocycles. The lowest BCUT2D eigenvalue weighted by Crippen LogP contribution is -2.50.